The number of hydrogen-bond acceptors (Lipinski definition) is 2. The summed E-state index contributed by atoms with van der Waals surface area (Å²) >= 11 is 0. The fourth-order valence-corrected chi connectivity index (χ4v) is 1.32. The smallest absolute Gasteiger partial charge is 0.121 e. The summed E-state index contributed by atoms with van der Waals surface area (Å²) in [6.07, 6.45) is 0.994. The van der Waals surface area contributed by atoms with Crippen LogP contribution in [0.1, 0.15) is 31.1 Å². The molecule has 1 rings (SSSR count). The number of benzene rings is 1. The summed E-state index contributed by atoms with van der Waals surface area (Å²) in [5, 5.41) is 19.3. The molecule has 1 unspecified atom stereocenters. The summed E-state index contributed by atoms with van der Waals surface area (Å²) < 4.78 is 0. The summed E-state index contributed by atoms with van der Waals surface area (Å²) in [7, 11) is 0. The molecule has 76 valence electrons. The van der Waals surface area contributed by atoms with Crippen molar-refractivity contribution >= 4 is 0 Å². The van der Waals surface area contributed by atoms with Crippen LogP contribution in [0.4, 0.5) is 0 Å². The second-order valence-electron chi connectivity index (χ2n) is 3.75. The molecule has 0 aliphatic rings. The SMILES string of the molecule is CC(C)=CC(O)c1cc(C)ccc1O. The zero-order chi connectivity index (χ0) is 10.7. The standard InChI is InChI=1S/C12H16O2/c1-8(2)6-12(14)10-7-9(3)4-5-11(10)13/h4-7,12-14H,1-3H3. The van der Waals surface area contributed by atoms with Crippen LogP contribution >= 0.6 is 0 Å². The van der Waals surface area contributed by atoms with Gasteiger partial charge in [-0.15, -0.1) is 0 Å². The van der Waals surface area contributed by atoms with E-state index in [1.807, 2.05) is 26.8 Å². The molecule has 0 aliphatic heterocycles. The average molecular weight is 192 g/mol. The molecule has 0 bridgehead atoms. The highest BCUT2D eigenvalue weighted by molar-refractivity contribution is 5.39. The van der Waals surface area contributed by atoms with E-state index < -0.39 is 6.10 Å². The van der Waals surface area contributed by atoms with Gasteiger partial charge in [-0.25, -0.2) is 0 Å². The van der Waals surface area contributed by atoms with Crippen molar-refractivity contribution in [3.05, 3.63) is 41.0 Å². The third-order valence-electron chi connectivity index (χ3n) is 1.99. The lowest BCUT2D eigenvalue weighted by molar-refractivity contribution is 0.222. The molecule has 0 saturated carbocycles. The van der Waals surface area contributed by atoms with Gasteiger partial charge in [0.05, 0.1) is 0 Å². The number of allylic oxidation sites excluding steroid dienone is 1. The molecule has 0 saturated heterocycles. The number of phenolic OH excluding ortho intramolecular Hbond substituents is 1. The minimum Gasteiger partial charge on any atom is -0.508 e. The largest absolute Gasteiger partial charge is 0.508 e. The molecule has 1 atom stereocenters. The molecule has 14 heavy (non-hydrogen) atoms. The van der Waals surface area contributed by atoms with E-state index in [4.69, 9.17) is 0 Å². The molecule has 1 aromatic carbocycles. The first-order valence-electron chi connectivity index (χ1n) is 4.63. The number of aromatic hydroxyl groups is 1. The zero-order valence-corrected chi connectivity index (χ0v) is 8.78. The minimum absolute atomic E-state index is 0.139. The molecule has 0 spiro atoms. The van der Waals surface area contributed by atoms with Crippen LogP contribution in [0.2, 0.25) is 0 Å². The van der Waals surface area contributed by atoms with Crippen LogP contribution in [-0.2, 0) is 0 Å². The highest BCUT2D eigenvalue weighted by Crippen LogP contribution is 2.26. The molecule has 1 aromatic rings. The van der Waals surface area contributed by atoms with Gasteiger partial charge in [-0.2, -0.15) is 0 Å². The predicted molar refractivity (Wildman–Crippen MR) is 57.2 cm³/mol. The molecule has 0 heterocycles. The number of rotatable bonds is 2. The molecule has 0 radical (unpaired) electrons. The van der Waals surface area contributed by atoms with Gasteiger partial charge in [0, 0.05) is 5.56 Å². The van der Waals surface area contributed by atoms with Crippen molar-refractivity contribution in [1.29, 1.82) is 0 Å². The van der Waals surface area contributed by atoms with Crippen molar-refractivity contribution in [3.63, 3.8) is 0 Å². The molecular weight excluding hydrogens is 176 g/mol. The topological polar surface area (TPSA) is 40.5 Å². The van der Waals surface area contributed by atoms with Gasteiger partial charge < -0.3 is 10.2 Å². The number of aryl methyl sites for hydroxylation is 1. The lowest BCUT2D eigenvalue weighted by Gasteiger charge is -2.10. The van der Waals surface area contributed by atoms with E-state index in [1.54, 1.807) is 18.2 Å². The van der Waals surface area contributed by atoms with E-state index in [-0.39, 0.29) is 5.75 Å². The van der Waals surface area contributed by atoms with Gasteiger partial charge in [0.15, 0.2) is 0 Å². The van der Waals surface area contributed by atoms with Crippen molar-refractivity contribution in [2.24, 2.45) is 0 Å². The Morgan fingerprint density at radius 2 is 2.00 bits per heavy atom. The molecule has 2 nitrogen and oxygen atoms in total. The van der Waals surface area contributed by atoms with Gasteiger partial charge in [-0.3, -0.25) is 0 Å². The predicted octanol–water partition coefficient (Wildman–Crippen LogP) is 2.70. The fourth-order valence-electron chi connectivity index (χ4n) is 1.32. The van der Waals surface area contributed by atoms with E-state index in [0.717, 1.165) is 11.1 Å². The lowest BCUT2D eigenvalue weighted by atomic mass is 10.0. The Hall–Kier alpha value is -1.28. The van der Waals surface area contributed by atoms with Crippen molar-refractivity contribution in [1.82, 2.24) is 0 Å². The molecule has 0 amide bonds. The first-order chi connectivity index (χ1) is 6.50. The first kappa shape index (κ1) is 10.8. The summed E-state index contributed by atoms with van der Waals surface area (Å²) in [6.45, 7) is 5.75. The number of hydrogen-bond donors (Lipinski definition) is 2. The number of aliphatic hydroxyl groups is 1. The summed E-state index contributed by atoms with van der Waals surface area (Å²) in [5.74, 6) is 0.139. The Morgan fingerprint density at radius 3 is 2.57 bits per heavy atom. The molecule has 2 N–H and O–H groups in total. The van der Waals surface area contributed by atoms with Gasteiger partial charge in [0.1, 0.15) is 11.9 Å². The maximum atomic E-state index is 9.76. The van der Waals surface area contributed by atoms with Crippen LogP contribution in [0.5, 0.6) is 5.75 Å². The van der Waals surface area contributed by atoms with Gasteiger partial charge in [-0.05, 0) is 32.9 Å². The first-order valence-corrected chi connectivity index (χ1v) is 4.63. The normalized spacial score (nSPS) is 12.3. The highest BCUT2D eigenvalue weighted by Gasteiger charge is 2.09. The maximum Gasteiger partial charge on any atom is 0.121 e. The van der Waals surface area contributed by atoms with Crippen molar-refractivity contribution in [3.8, 4) is 5.75 Å². The molecule has 0 fully saturated rings. The van der Waals surface area contributed by atoms with E-state index in [0.29, 0.717) is 5.56 Å². The van der Waals surface area contributed by atoms with Crippen molar-refractivity contribution in [2.75, 3.05) is 0 Å². The van der Waals surface area contributed by atoms with Crippen LogP contribution in [0.15, 0.2) is 29.8 Å². The Labute approximate surface area is 84.5 Å². The molecule has 2 heteroatoms. The van der Waals surface area contributed by atoms with Gasteiger partial charge in [0.2, 0.25) is 0 Å². The van der Waals surface area contributed by atoms with Crippen LogP contribution in [-0.4, -0.2) is 10.2 Å². The summed E-state index contributed by atoms with van der Waals surface area (Å²) in [4.78, 5) is 0. The summed E-state index contributed by atoms with van der Waals surface area (Å²) in [6, 6.07) is 5.21. The molecule has 0 aromatic heterocycles. The van der Waals surface area contributed by atoms with E-state index >= 15 is 0 Å². The van der Waals surface area contributed by atoms with E-state index in [9.17, 15) is 10.2 Å². The molecular formula is C12H16O2. The van der Waals surface area contributed by atoms with Crippen LogP contribution in [0.3, 0.4) is 0 Å². The van der Waals surface area contributed by atoms with Crippen molar-refractivity contribution in [2.45, 2.75) is 26.9 Å². The van der Waals surface area contributed by atoms with Crippen molar-refractivity contribution < 1.29 is 10.2 Å². The number of phenols is 1. The Morgan fingerprint density at radius 1 is 1.36 bits per heavy atom. The third kappa shape index (κ3) is 2.60. The number of aliphatic hydroxyl groups excluding tert-OH is 1. The monoisotopic (exact) mass is 192 g/mol. The Bertz CT molecular complexity index is 349. The second kappa shape index (κ2) is 4.29. The quantitative estimate of drug-likeness (QED) is 0.707. The maximum absolute atomic E-state index is 9.76. The fraction of sp³-hybridized carbons (Fsp3) is 0.333. The van der Waals surface area contributed by atoms with Gasteiger partial charge in [-0.1, -0.05) is 23.3 Å². The average Bonchev–Trinajstić information content (AvgIpc) is 2.08. The van der Waals surface area contributed by atoms with Gasteiger partial charge in [0.25, 0.3) is 0 Å². The van der Waals surface area contributed by atoms with E-state index in [1.165, 1.54) is 0 Å². The second-order valence-corrected chi connectivity index (χ2v) is 3.75. The molecule has 0 aliphatic carbocycles. The third-order valence-corrected chi connectivity index (χ3v) is 1.99. The Kier molecular flexibility index (Phi) is 3.31. The minimum atomic E-state index is -0.722. The highest BCUT2D eigenvalue weighted by atomic mass is 16.3. The lowest BCUT2D eigenvalue weighted by Crippen LogP contribution is -1.95. The Balaban J connectivity index is 3.05. The van der Waals surface area contributed by atoms with Crippen LogP contribution in [0, 0.1) is 6.92 Å². The van der Waals surface area contributed by atoms with Crippen LogP contribution in [0.25, 0.3) is 0 Å². The van der Waals surface area contributed by atoms with E-state index in [2.05, 4.69) is 0 Å². The van der Waals surface area contributed by atoms with Gasteiger partial charge >= 0.3 is 0 Å². The summed E-state index contributed by atoms with van der Waals surface area (Å²) in [5.41, 5.74) is 2.61. The zero-order valence-electron chi connectivity index (χ0n) is 8.78. The van der Waals surface area contributed by atoms with Crippen LogP contribution < -0.4 is 0 Å².